The van der Waals surface area contributed by atoms with Crippen LogP contribution in [0.4, 0.5) is 11.4 Å². The Morgan fingerprint density at radius 1 is 1.00 bits per heavy atom. The van der Waals surface area contributed by atoms with Crippen LogP contribution in [0.1, 0.15) is 36.1 Å². The van der Waals surface area contributed by atoms with Crippen LogP contribution in [0.5, 0.6) is 11.5 Å². The van der Waals surface area contributed by atoms with E-state index in [9.17, 15) is 14.4 Å². The molecule has 2 N–H and O–H groups in total. The van der Waals surface area contributed by atoms with Crippen molar-refractivity contribution in [1.29, 1.82) is 0 Å². The van der Waals surface area contributed by atoms with Gasteiger partial charge in [-0.2, -0.15) is 0 Å². The van der Waals surface area contributed by atoms with E-state index in [2.05, 4.69) is 21.6 Å². The molecule has 9 heteroatoms. The molecule has 4 heterocycles. The number of hydrogen-bond acceptors (Lipinski definition) is 6. The third-order valence-electron chi connectivity index (χ3n) is 8.78. The minimum absolute atomic E-state index is 0.00454. The lowest BCUT2D eigenvalue weighted by Crippen LogP contribution is -2.60. The highest BCUT2D eigenvalue weighted by atomic mass is 16.5. The number of fused-ring (bicyclic) bond motifs is 8. The Bertz CT molecular complexity index is 1550. The number of nitrogens with zero attached hydrogens (tertiary/aromatic N) is 2. The van der Waals surface area contributed by atoms with Crippen molar-refractivity contribution in [1.82, 2.24) is 9.88 Å². The molecule has 41 heavy (non-hydrogen) atoms. The zero-order valence-electron chi connectivity index (χ0n) is 23.7. The molecule has 214 valence electrons. The molecule has 1 saturated heterocycles. The van der Waals surface area contributed by atoms with Crippen LogP contribution in [0.15, 0.2) is 59.4 Å². The van der Waals surface area contributed by atoms with Gasteiger partial charge in [0.05, 0.1) is 20.1 Å². The second kappa shape index (κ2) is 11.0. The van der Waals surface area contributed by atoms with Crippen molar-refractivity contribution in [3.8, 4) is 11.5 Å². The maximum atomic E-state index is 14.0. The molecule has 4 atom stereocenters. The van der Waals surface area contributed by atoms with Crippen LogP contribution in [-0.2, 0) is 29.0 Å². The van der Waals surface area contributed by atoms with Crippen LogP contribution >= 0.6 is 0 Å². The first-order chi connectivity index (χ1) is 19.9. The van der Waals surface area contributed by atoms with E-state index in [1.807, 2.05) is 47.0 Å². The summed E-state index contributed by atoms with van der Waals surface area (Å²) in [6.07, 6.45) is 2.17. The smallest absolute Gasteiger partial charge is 0.250 e. The molecule has 2 aromatic carbocycles. The lowest BCUT2D eigenvalue weighted by Gasteiger charge is -2.54. The summed E-state index contributed by atoms with van der Waals surface area (Å²) in [7, 11) is 3.22. The van der Waals surface area contributed by atoms with Gasteiger partial charge in [0.2, 0.25) is 11.8 Å². The average Bonchev–Trinajstić information content (AvgIpc) is 2.96. The Kier molecular flexibility index (Phi) is 7.19. The van der Waals surface area contributed by atoms with Crippen molar-refractivity contribution in [3.63, 3.8) is 0 Å². The standard InChI is InChI=1S/C32H36N4O5/c1-19(37)34-23-8-9-26-22(15-23)16-25(32(39)33-12-11-20-7-10-28(40-2)29(14-20)41-3)31-24-13-21(18-36(26)31)17-35-27(24)5-4-6-30(35)38/h4-10,14-15,21,24-25,31H,11-13,16-18H2,1-3H3,(H,33,39)(H,34,37)/t21-,24+,25+,31+/m0/s1. The minimum atomic E-state index is -0.312. The number of hydrogen-bond donors (Lipinski definition) is 2. The monoisotopic (exact) mass is 556 g/mol. The predicted molar refractivity (Wildman–Crippen MR) is 157 cm³/mol. The fourth-order valence-corrected chi connectivity index (χ4v) is 7.10. The van der Waals surface area contributed by atoms with Crippen molar-refractivity contribution >= 4 is 23.2 Å². The predicted octanol–water partition coefficient (Wildman–Crippen LogP) is 3.35. The summed E-state index contributed by atoms with van der Waals surface area (Å²) in [6, 6.07) is 17.2. The van der Waals surface area contributed by atoms with Crippen molar-refractivity contribution < 1.29 is 19.1 Å². The summed E-state index contributed by atoms with van der Waals surface area (Å²) in [4.78, 5) is 40.9. The summed E-state index contributed by atoms with van der Waals surface area (Å²) in [5.74, 6) is 1.28. The van der Waals surface area contributed by atoms with Gasteiger partial charge in [-0.05, 0) is 72.7 Å². The van der Waals surface area contributed by atoms with Crippen molar-refractivity contribution in [3.05, 3.63) is 81.8 Å². The normalized spacial score (nSPS) is 22.1. The van der Waals surface area contributed by atoms with Crippen LogP contribution in [0.2, 0.25) is 0 Å². The van der Waals surface area contributed by atoms with E-state index in [0.717, 1.165) is 41.2 Å². The van der Waals surface area contributed by atoms with Crippen LogP contribution in [0.25, 0.3) is 0 Å². The first-order valence-corrected chi connectivity index (χ1v) is 14.2. The first kappa shape index (κ1) is 26.9. The number of anilines is 2. The Hall–Kier alpha value is -4.27. The largest absolute Gasteiger partial charge is 0.493 e. The molecule has 0 saturated carbocycles. The first-order valence-electron chi connectivity index (χ1n) is 14.2. The topological polar surface area (TPSA) is 102 Å². The number of ether oxygens (including phenoxy) is 2. The number of piperidine rings is 1. The molecular weight excluding hydrogens is 520 g/mol. The van der Waals surface area contributed by atoms with E-state index in [1.54, 1.807) is 20.3 Å². The Morgan fingerprint density at radius 3 is 2.61 bits per heavy atom. The third kappa shape index (κ3) is 5.05. The van der Waals surface area contributed by atoms with Crippen molar-refractivity contribution in [2.75, 3.05) is 37.5 Å². The summed E-state index contributed by atoms with van der Waals surface area (Å²) in [5.41, 5.74) is 4.98. The number of carbonyl (C=O) groups is 2. The SMILES string of the molecule is COc1ccc(CCNC(=O)[C@@H]2Cc3cc(NC(C)=O)ccc3N3C[C@H]4C[C@H](c5cccc(=O)n5C4)[C@H]23)cc1OC. The van der Waals surface area contributed by atoms with E-state index in [4.69, 9.17) is 9.47 Å². The second-order valence-electron chi connectivity index (χ2n) is 11.3. The highest BCUT2D eigenvalue weighted by molar-refractivity contribution is 5.89. The van der Waals surface area contributed by atoms with Gasteiger partial charge < -0.3 is 29.6 Å². The second-order valence-corrected chi connectivity index (χ2v) is 11.3. The lowest BCUT2D eigenvalue weighted by molar-refractivity contribution is -0.126. The van der Waals surface area contributed by atoms with Crippen LogP contribution in [-0.4, -0.2) is 49.7 Å². The van der Waals surface area contributed by atoms with Gasteiger partial charge in [-0.3, -0.25) is 14.4 Å². The lowest BCUT2D eigenvalue weighted by atomic mass is 9.69. The number of aromatic nitrogens is 1. The molecule has 2 amide bonds. The molecule has 0 radical (unpaired) electrons. The van der Waals surface area contributed by atoms with E-state index in [-0.39, 0.29) is 35.3 Å². The van der Waals surface area contributed by atoms with Gasteiger partial charge in [-0.1, -0.05) is 12.1 Å². The van der Waals surface area contributed by atoms with E-state index < -0.39 is 0 Å². The number of benzene rings is 2. The summed E-state index contributed by atoms with van der Waals surface area (Å²) >= 11 is 0. The highest BCUT2D eigenvalue weighted by Crippen LogP contribution is 2.48. The molecule has 0 spiro atoms. The number of rotatable bonds is 7. The molecule has 3 aromatic rings. The van der Waals surface area contributed by atoms with E-state index in [0.29, 0.717) is 43.3 Å². The number of pyridine rings is 1. The Morgan fingerprint density at radius 2 is 1.83 bits per heavy atom. The highest BCUT2D eigenvalue weighted by Gasteiger charge is 2.49. The van der Waals surface area contributed by atoms with Crippen molar-refractivity contribution in [2.45, 2.75) is 44.7 Å². The number of carbonyl (C=O) groups excluding carboxylic acids is 2. The van der Waals surface area contributed by atoms with Crippen molar-refractivity contribution in [2.24, 2.45) is 11.8 Å². The van der Waals surface area contributed by atoms with Gasteiger partial charge in [-0.15, -0.1) is 0 Å². The molecular formula is C32H36N4O5. The van der Waals surface area contributed by atoms with E-state index in [1.165, 1.54) is 6.92 Å². The maximum Gasteiger partial charge on any atom is 0.250 e. The van der Waals surface area contributed by atoms with E-state index >= 15 is 0 Å². The van der Waals surface area contributed by atoms with Gasteiger partial charge in [-0.25, -0.2) is 0 Å². The molecule has 3 aliphatic rings. The maximum absolute atomic E-state index is 14.0. The van der Waals surface area contributed by atoms with Crippen LogP contribution in [0.3, 0.4) is 0 Å². The minimum Gasteiger partial charge on any atom is -0.493 e. The van der Waals surface area contributed by atoms with Gasteiger partial charge >= 0.3 is 0 Å². The van der Waals surface area contributed by atoms with Crippen LogP contribution < -0.4 is 30.6 Å². The Labute approximate surface area is 239 Å². The molecule has 9 nitrogen and oxygen atoms in total. The molecule has 3 aliphatic heterocycles. The summed E-state index contributed by atoms with van der Waals surface area (Å²) < 4.78 is 12.7. The number of methoxy groups -OCH3 is 2. The summed E-state index contributed by atoms with van der Waals surface area (Å²) in [6.45, 7) is 3.45. The third-order valence-corrected chi connectivity index (χ3v) is 8.78. The summed E-state index contributed by atoms with van der Waals surface area (Å²) in [5, 5.41) is 6.10. The quantitative estimate of drug-likeness (QED) is 0.463. The molecule has 1 fully saturated rings. The zero-order chi connectivity index (χ0) is 28.7. The molecule has 2 bridgehead atoms. The van der Waals surface area contributed by atoms with Gasteiger partial charge in [0.1, 0.15) is 0 Å². The molecule has 1 aromatic heterocycles. The Balaban J connectivity index is 1.29. The number of amides is 2. The molecule has 0 unspecified atom stereocenters. The van der Waals surface area contributed by atoms with Gasteiger partial charge in [0.25, 0.3) is 5.56 Å². The van der Waals surface area contributed by atoms with Gasteiger partial charge in [0.15, 0.2) is 11.5 Å². The fraction of sp³-hybridized carbons (Fsp3) is 0.406. The number of nitrogens with one attached hydrogen (secondary N) is 2. The average molecular weight is 557 g/mol. The molecule has 0 aliphatic carbocycles. The molecule has 6 rings (SSSR count). The van der Waals surface area contributed by atoms with Crippen LogP contribution in [0, 0.1) is 11.8 Å². The fourth-order valence-electron chi connectivity index (χ4n) is 7.10. The van der Waals surface area contributed by atoms with Gasteiger partial charge in [0, 0.05) is 61.7 Å². The zero-order valence-corrected chi connectivity index (χ0v) is 23.7.